The van der Waals surface area contributed by atoms with E-state index in [2.05, 4.69) is 53.2 Å². The number of ketones is 1. The van der Waals surface area contributed by atoms with Crippen molar-refractivity contribution in [3.63, 3.8) is 0 Å². The maximum Gasteiger partial charge on any atom is 0.163 e. The SMILES string of the molecule is Cc1cc(C(=O)C[C@H](c2ccc(N3CCC(O)CC3)cc2)c2ccccc2C)ccn1. The molecule has 31 heavy (non-hydrogen) atoms. The van der Waals surface area contributed by atoms with Gasteiger partial charge in [-0.2, -0.15) is 0 Å². The van der Waals surface area contributed by atoms with Gasteiger partial charge >= 0.3 is 0 Å². The van der Waals surface area contributed by atoms with E-state index in [1.807, 2.05) is 25.1 Å². The van der Waals surface area contributed by atoms with Crippen molar-refractivity contribution in [2.24, 2.45) is 0 Å². The van der Waals surface area contributed by atoms with E-state index in [0.29, 0.717) is 6.42 Å². The monoisotopic (exact) mass is 414 g/mol. The predicted molar refractivity (Wildman–Crippen MR) is 125 cm³/mol. The molecular weight excluding hydrogens is 384 g/mol. The van der Waals surface area contributed by atoms with Crippen LogP contribution in [0.5, 0.6) is 0 Å². The lowest BCUT2D eigenvalue weighted by atomic mass is 9.83. The average molecular weight is 415 g/mol. The first-order valence-corrected chi connectivity index (χ1v) is 11.1. The van der Waals surface area contributed by atoms with Gasteiger partial charge in [-0.15, -0.1) is 0 Å². The largest absolute Gasteiger partial charge is 0.393 e. The number of anilines is 1. The molecule has 1 aromatic heterocycles. The van der Waals surface area contributed by atoms with Crippen molar-refractivity contribution < 1.29 is 9.90 Å². The molecule has 4 rings (SSSR count). The maximum absolute atomic E-state index is 13.2. The van der Waals surface area contributed by atoms with E-state index < -0.39 is 0 Å². The molecule has 1 aliphatic rings. The fraction of sp³-hybridized carbons (Fsp3) is 0.333. The minimum Gasteiger partial charge on any atom is -0.393 e. The summed E-state index contributed by atoms with van der Waals surface area (Å²) in [5, 5.41) is 9.78. The lowest BCUT2D eigenvalue weighted by Crippen LogP contribution is -2.35. The summed E-state index contributed by atoms with van der Waals surface area (Å²) in [4.78, 5) is 19.7. The molecule has 3 aromatic rings. The highest BCUT2D eigenvalue weighted by Crippen LogP contribution is 2.33. The molecule has 2 aromatic carbocycles. The average Bonchev–Trinajstić information content (AvgIpc) is 2.79. The summed E-state index contributed by atoms with van der Waals surface area (Å²) in [6.07, 6.45) is 3.57. The van der Waals surface area contributed by atoms with Crippen LogP contribution in [-0.4, -0.2) is 35.1 Å². The summed E-state index contributed by atoms with van der Waals surface area (Å²) in [6, 6.07) is 20.6. The summed E-state index contributed by atoms with van der Waals surface area (Å²) in [7, 11) is 0. The Balaban J connectivity index is 1.61. The third kappa shape index (κ3) is 5.02. The molecule has 160 valence electrons. The number of Topliss-reactive ketones (excluding diaryl/α,β-unsaturated/α-hetero) is 1. The Labute approximate surface area is 184 Å². The van der Waals surface area contributed by atoms with Crippen molar-refractivity contribution >= 4 is 11.5 Å². The minimum absolute atomic E-state index is 0.000556. The number of rotatable bonds is 6. The maximum atomic E-state index is 13.2. The smallest absolute Gasteiger partial charge is 0.163 e. The molecule has 4 nitrogen and oxygen atoms in total. The van der Waals surface area contributed by atoms with Crippen LogP contribution in [0.15, 0.2) is 66.9 Å². The Hall–Kier alpha value is -2.98. The first-order chi connectivity index (χ1) is 15.0. The van der Waals surface area contributed by atoms with Crippen molar-refractivity contribution in [2.45, 2.75) is 45.1 Å². The van der Waals surface area contributed by atoms with E-state index in [4.69, 9.17) is 0 Å². The summed E-state index contributed by atoms with van der Waals surface area (Å²) >= 11 is 0. The van der Waals surface area contributed by atoms with Crippen LogP contribution in [0.2, 0.25) is 0 Å². The van der Waals surface area contributed by atoms with Gasteiger partial charge in [0.1, 0.15) is 0 Å². The first-order valence-electron chi connectivity index (χ1n) is 11.1. The molecule has 0 aliphatic carbocycles. The van der Waals surface area contributed by atoms with Crippen LogP contribution in [0, 0.1) is 13.8 Å². The van der Waals surface area contributed by atoms with Crippen LogP contribution in [0.25, 0.3) is 0 Å². The van der Waals surface area contributed by atoms with E-state index >= 15 is 0 Å². The van der Waals surface area contributed by atoms with Crippen LogP contribution >= 0.6 is 0 Å². The van der Waals surface area contributed by atoms with Crippen molar-refractivity contribution in [1.29, 1.82) is 0 Å². The van der Waals surface area contributed by atoms with E-state index in [0.717, 1.165) is 42.8 Å². The molecule has 2 heterocycles. The van der Waals surface area contributed by atoms with Crippen LogP contribution < -0.4 is 4.90 Å². The third-order valence-corrected chi connectivity index (χ3v) is 6.30. The number of aromatic nitrogens is 1. The number of carbonyl (C=O) groups excluding carboxylic acids is 1. The van der Waals surface area contributed by atoms with Crippen molar-refractivity contribution in [3.8, 4) is 0 Å². The number of carbonyl (C=O) groups is 1. The van der Waals surface area contributed by atoms with Gasteiger partial charge in [0.2, 0.25) is 0 Å². The summed E-state index contributed by atoms with van der Waals surface area (Å²) in [5.74, 6) is 0.132. The Morgan fingerprint density at radius 2 is 1.77 bits per heavy atom. The molecule has 0 spiro atoms. The quantitative estimate of drug-likeness (QED) is 0.573. The van der Waals surface area contributed by atoms with Crippen LogP contribution in [-0.2, 0) is 0 Å². The number of nitrogens with zero attached hydrogens (tertiary/aromatic N) is 2. The molecule has 1 atom stereocenters. The standard InChI is InChI=1S/C27H30N2O2/c1-19-5-3-4-6-25(19)26(18-27(31)22-11-14-28-20(2)17-22)21-7-9-23(10-8-21)29-15-12-24(30)13-16-29/h3-11,14,17,24,26,30H,12-13,15-16,18H2,1-2H3/t26-/m1/s1. The van der Waals surface area contributed by atoms with Crippen LogP contribution in [0.1, 0.15) is 57.9 Å². The van der Waals surface area contributed by atoms with Gasteiger partial charge in [0.05, 0.1) is 6.10 Å². The Bertz CT molecular complexity index is 1040. The molecule has 4 heteroatoms. The van der Waals surface area contributed by atoms with Crippen LogP contribution in [0.4, 0.5) is 5.69 Å². The Morgan fingerprint density at radius 3 is 2.45 bits per heavy atom. The third-order valence-electron chi connectivity index (χ3n) is 6.30. The molecular formula is C27H30N2O2. The fourth-order valence-electron chi connectivity index (χ4n) is 4.45. The molecule has 0 unspecified atom stereocenters. The van der Waals surface area contributed by atoms with Gasteiger partial charge in [0, 0.05) is 48.6 Å². The number of piperidine rings is 1. The minimum atomic E-state index is -0.177. The second-order valence-corrected chi connectivity index (χ2v) is 8.53. The van der Waals surface area contributed by atoms with Gasteiger partial charge in [-0.05, 0) is 67.6 Å². The molecule has 1 fully saturated rings. The van der Waals surface area contributed by atoms with Gasteiger partial charge in [0.25, 0.3) is 0 Å². The number of aryl methyl sites for hydroxylation is 2. The van der Waals surface area contributed by atoms with Crippen LogP contribution in [0.3, 0.4) is 0 Å². The van der Waals surface area contributed by atoms with E-state index in [-0.39, 0.29) is 17.8 Å². The molecule has 1 N–H and O–H groups in total. The Kier molecular flexibility index (Phi) is 6.47. The van der Waals surface area contributed by atoms with E-state index in [1.165, 1.54) is 16.8 Å². The second kappa shape index (κ2) is 9.44. The zero-order valence-corrected chi connectivity index (χ0v) is 18.3. The number of aliphatic hydroxyl groups excluding tert-OH is 1. The molecule has 0 amide bonds. The van der Waals surface area contributed by atoms with E-state index in [1.54, 1.807) is 12.3 Å². The Morgan fingerprint density at radius 1 is 1.06 bits per heavy atom. The van der Waals surface area contributed by atoms with Crippen molar-refractivity contribution in [3.05, 3.63) is 94.8 Å². The predicted octanol–water partition coefficient (Wildman–Crippen LogP) is 5.06. The number of hydrogen-bond acceptors (Lipinski definition) is 4. The van der Waals surface area contributed by atoms with Gasteiger partial charge in [-0.25, -0.2) is 0 Å². The highest BCUT2D eigenvalue weighted by atomic mass is 16.3. The first kappa shape index (κ1) is 21.3. The molecule has 1 saturated heterocycles. The fourth-order valence-corrected chi connectivity index (χ4v) is 4.45. The van der Waals surface area contributed by atoms with Crippen molar-refractivity contribution in [2.75, 3.05) is 18.0 Å². The number of hydrogen-bond donors (Lipinski definition) is 1. The molecule has 0 bridgehead atoms. The highest BCUT2D eigenvalue weighted by molar-refractivity contribution is 5.96. The summed E-state index contributed by atoms with van der Waals surface area (Å²) < 4.78 is 0. The summed E-state index contributed by atoms with van der Waals surface area (Å²) in [6.45, 7) is 5.77. The van der Waals surface area contributed by atoms with Gasteiger partial charge in [-0.3, -0.25) is 9.78 Å². The topological polar surface area (TPSA) is 53.4 Å². The highest BCUT2D eigenvalue weighted by Gasteiger charge is 2.22. The molecule has 0 saturated carbocycles. The zero-order chi connectivity index (χ0) is 21.8. The van der Waals surface area contributed by atoms with E-state index in [9.17, 15) is 9.90 Å². The lowest BCUT2D eigenvalue weighted by Gasteiger charge is -2.31. The summed E-state index contributed by atoms with van der Waals surface area (Å²) in [5.41, 5.74) is 6.28. The van der Waals surface area contributed by atoms with Gasteiger partial charge in [0.15, 0.2) is 5.78 Å². The molecule has 1 aliphatic heterocycles. The van der Waals surface area contributed by atoms with Gasteiger partial charge < -0.3 is 10.0 Å². The number of aliphatic hydroxyl groups is 1. The van der Waals surface area contributed by atoms with Gasteiger partial charge in [-0.1, -0.05) is 36.4 Å². The number of benzene rings is 2. The molecule has 0 radical (unpaired) electrons. The normalized spacial score (nSPS) is 15.6. The lowest BCUT2D eigenvalue weighted by molar-refractivity contribution is 0.0977. The number of pyridine rings is 1. The second-order valence-electron chi connectivity index (χ2n) is 8.53. The van der Waals surface area contributed by atoms with Crippen molar-refractivity contribution in [1.82, 2.24) is 4.98 Å². The zero-order valence-electron chi connectivity index (χ0n) is 18.3.